The number of esters is 1. The van der Waals surface area contributed by atoms with Gasteiger partial charge in [-0.2, -0.15) is 4.98 Å². The third-order valence-electron chi connectivity index (χ3n) is 4.31. The minimum Gasteiger partial charge on any atom is -0.494 e. The number of anilines is 1. The van der Waals surface area contributed by atoms with Gasteiger partial charge in [0.1, 0.15) is 18.4 Å². The fourth-order valence-electron chi connectivity index (χ4n) is 3.11. The summed E-state index contributed by atoms with van der Waals surface area (Å²) in [6.45, 7) is 10.2. The molecule has 1 aliphatic rings. The molecule has 0 aliphatic carbocycles. The number of carbonyl (C=O) groups excluding carboxylic acids is 1. The Kier molecular flexibility index (Phi) is 6.98. The number of fused-ring (bicyclic) bond motifs is 1. The first kappa shape index (κ1) is 21.0. The predicted octanol–water partition coefficient (Wildman–Crippen LogP) is 4.20. The number of hydrogen-bond donors (Lipinski definition) is 1. The van der Waals surface area contributed by atoms with Gasteiger partial charge in [-0.1, -0.05) is 43.5 Å². The summed E-state index contributed by atoms with van der Waals surface area (Å²) in [5, 5.41) is 8.55. The molecule has 3 rings (SSSR count). The van der Waals surface area contributed by atoms with Crippen LogP contribution in [-0.2, 0) is 9.53 Å². The van der Waals surface area contributed by atoms with Gasteiger partial charge in [0.15, 0.2) is 0 Å². The normalized spacial score (nSPS) is 15.5. The first-order valence-electron chi connectivity index (χ1n) is 9.66. The van der Waals surface area contributed by atoms with Gasteiger partial charge in [-0.15, -0.1) is 5.10 Å². The molecule has 0 fully saturated rings. The van der Waals surface area contributed by atoms with Crippen molar-refractivity contribution in [3.63, 3.8) is 0 Å². The number of rotatable bonds is 9. The summed E-state index contributed by atoms with van der Waals surface area (Å²) in [6, 6.07) is 7.22. The second kappa shape index (κ2) is 9.65. The van der Waals surface area contributed by atoms with Crippen LogP contribution in [0.25, 0.3) is 0 Å². The maximum Gasteiger partial charge on any atom is 0.338 e. The minimum absolute atomic E-state index is 0.142. The molecule has 8 heteroatoms. The van der Waals surface area contributed by atoms with Crippen molar-refractivity contribution in [1.82, 2.24) is 14.8 Å². The van der Waals surface area contributed by atoms with E-state index in [0.29, 0.717) is 29.0 Å². The molecular weight excluding hydrogens is 388 g/mol. The lowest BCUT2D eigenvalue weighted by molar-refractivity contribution is -0.138. The van der Waals surface area contributed by atoms with E-state index < -0.39 is 12.0 Å². The molecular formula is C21H26N4O3S. The fourth-order valence-corrected chi connectivity index (χ4v) is 3.80. The number of nitrogens with one attached hydrogen (secondary N) is 1. The van der Waals surface area contributed by atoms with Gasteiger partial charge >= 0.3 is 5.97 Å². The first-order valence-corrected chi connectivity index (χ1v) is 10.7. The molecule has 1 unspecified atom stereocenters. The molecule has 0 saturated carbocycles. The molecule has 0 bridgehead atoms. The SMILES string of the molecule is C=CCOC(=O)C1=C(C)Nc2nc(SCCC)nn2C1c1cccc(OCC)c1. The van der Waals surface area contributed by atoms with Gasteiger partial charge in [0.05, 0.1) is 12.2 Å². The summed E-state index contributed by atoms with van der Waals surface area (Å²) in [7, 11) is 0. The van der Waals surface area contributed by atoms with Crippen molar-refractivity contribution < 1.29 is 14.3 Å². The van der Waals surface area contributed by atoms with Crippen molar-refractivity contribution in [2.75, 3.05) is 24.3 Å². The topological polar surface area (TPSA) is 78.3 Å². The van der Waals surface area contributed by atoms with Crippen molar-refractivity contribution in [1.29, 1.82) is 0 Å². The molecule has 29 heavy (non-hydrogen) atoms. The zero-order valence-corrected chi connectivity index (χ0v) is 17.8. The summed E-state index contributed by atoms with van der Waals surface area (Å²) in [5.41, 5.74) is 2.06. The number of hydrogen-bond acceptors (Lipinski definition) is 7. The molecule has 0 spiro atoms. The van der Waals surface area contributed by atoms with Gasteiger partial charge in [0, 0.05) is 11.4 Å². The molecule has 1 aliphatic heterocycles. The lowest BCUT2D eigenvalue weighted by atomic mass is 9.95. The highest BCUT2D eigenvalue weighted by Crippen LogP contribution is 2.37. The molecule has 1 aromatic heterocycles. The van der Waals surface area contributed by atoms with Gasteiger partial charge < -0.3 is 14.8 Å². The number of thioether (sulfide) groups is 1. The van der Waals surface area contributed by atoms with Crippen LogP contribution in [0.15, 0.2) is 53.3 Å². The van der Waals surface area contributed by atoms with Gasteiger partial charge in [-0.3, -0.25) is 0 Å². The number of carbonyl (C=O) groups is 1. The predicted molar refractivity (Wildman–Crippen MR) is 114 cm³/mol. The van der Waals surface area contributed by atoms with Crippen molar-refractivity contribution in [2.45, 2.75) is 38.4 Å². The Bertz CT molecular complexity index is 922. The van der Waals surface area contributed by atoms with E-state index in [-0.39, 0.29) is 6.61 Å². The molecule has 2 heterocycles. The van der Waals surface area contributed by atoms with Crippen LogP contribution in [0.5, 0.6) is 5.75 Å². The number of benzene rings is 1. The van der Waals surface area contributed by atoms with Gasteiger partial charge in [-0.05, 0) is 38.0 Å². The Labute approximate surface area is 175 Å². The fraction of sp³-hybridized carbons (Fsp3) is 0.381. The molecule has 1 atom stereocenters. The second-order valence-electron chi connectivity index (χ2n) is 6.47. The summed E-state index contributed by atoms with van der Waals surface area (Å²) in [6.07, 6.45) is 2.58. The van der Waals surface area contributed by atoms with Crippen LogP contribution >= 0.6 is 11.8 Å². The highest BCUT2D eigenvalue weighted by Gasteiger charge is 2.35. The van der Waals surface area contributed by atoms with Crippen molar-refractivity contribution in [2.24, 2.45) is 0 Å². The lowest BCUT2D eigenvalue weighted by Crippen LogP contribution is -2.29. The van der Waals surface area contributed by atoms with Crippen molar-refractivity contribution in [3.8, 4) is 5.75 Å². The number of ether oxygens (including phenoxy) is 2. The molecule has 1 aromatic carbocycles. The van der Waals surface area contributed by atoms with Crippen molar-refractivity contribution in [3.05, 3.63) is 53.8 Å². The van der Waals surface area contributed by atoms with Crippen LogP contribution in [-0.4, -0.2) is 39.7 Å². The second-order valence-corrected chi connectivity index (χ2v) is 7.53. The molecule has 0 saturated heterocycles. The highest BCUT2D eigenvalue weighted by molar-refractivity contribution is 7.99. The first-order chi connectivity index (χ1) is 14.1. The monoisotopic (exact) mass is 414 g/mol. The third-order valence-corrected chi connectivity index (χ3v) is 5.35. The molecule has 7 nitrogen and oxygen atoms in total. The Morgan fingerprint density at radius 3 is 2.97 bits per heavy atom. The standard InChI is InChI=1S/C21H26N4O3S/c1-5-11-28-19(26)17-14(4)22-20-23-21(29-12-6-2)24-25(20)18(17)15-9-8-10-16(13-15)27-7-3/h5,8-10,13,18H,1,6-7,11-12H2,2-4H3,(H,22,23,24). The average molecular weight is 415 g/mol. The summed E-state index contributed by atoms with van der Waals surface area (Å²) in [4.78, 5) is 17.5. The van der Waals surface area contributed by atoms with E-state index in [9.17, 15) is 4.79 Å². The van der Waals surface area contributed by atoms with E-state index in [1.807, 2.05) is 38.1 Å². The zero-order chi connectivity index (χ0) is 20.8. The largest absolute Gasteiger partial charge is 0.494 e. The maximum atomic E-state index is 12.9. The maximum absolute atomic E-state index is 12.9. The van der Waals surface area contributed by atoms with Crippen LogP contribution in [0.2, 0.25) is 0 Å². The number of aromatic nitrogens is 3. The zero-order valence-electron chi connectivity index (χ0n) is 17.0. The van der Waals surface area contributed by atoms with E-state index in [1.165, 1.54) is 0 Å². The van der Waals surface area contributed by atoms with E-state index >= 15 is 0 Å². The van der Waals surface area contributed by atoms with Crippen molar-refractivity contribution >= 4 is 23.7 Å². The van der Waals surface area contributed by atoms with Gasteiger partial charge in [0.25, 0.3) is 0 Å². The van der Waals surface area contributed by atoms with Gasteiger partial charge in [0.2, 0.25) is 11.1 Å². The average Bonchev–Trinajstić information content (AvgIpc) is 3.12. The molecule has 1 N–H and O–H groups in total. The van der Waals surface area contributed by atoms with Crippen LogP contribution in [0.3, 0.4) is 0 Å². The van der Waals surface area contributed by atoms with Crippen LogP contribution in [0.1, 0.15) is 38.8 Å². The molecule has 154 valence electrons. The smallest absolute Gasteiger partial charge is 0.338 e. The van der Waals surface area contributed by atoms with E-state index in [0.717, 1.165) is 23.5 Å². The quantitative estimate of drug-likeness (QED) is 0.374. The Morgan fingerprint density at radius 1 is 1.41 bits per heavy atom. The third kappa shape index (κ3) is 4.64. The molecule has 2 aromatic rings. The Morgan fingerprint density at radius 2 is 2.24 bits per heavy atom. The van der Waals surface area contributed by atoms with E-state index in [1.54, 1.807) is 22.5 Å². The van der Waals surface area contributed by atoms with Crippen LogP contribution in [0.4, 0.5) is 5.95 Å². The molecule has 0 radical (unpaired) electrons. The van der Waals surface area contributed by atoms with Crippen LogP contribution < -0.4 is 10.1 Å². The lowest BCUT2D eigenvalue weighted by Gasteiger charge is -2.28. The van der Waals surface area contributed by atoms with E-state index in [4.69, 9.17) is 9.47 Å². The summed E-state index contributed by atoms with van der Waals surface area (Å²) < 4.78 is 12.8. The summed E-state index contributed by atoms with van der Waals surface area (Å²) >= 11 is 1.59. The van der Waals surface area contributed by atoms with Gasteiger partial charge in [-0.25, -0.2) is 9.48 Å². The number of nitrogens with zero attached hydrogens (tertiary/aromatic N) is 3. The Hall–Kier alpha value is -2.74. The highest BCUT2D eigenvalue weighted by atomic mass is 32.2. The van der Waals surface area contributed by atoms with Crippen LogP contribution in [0, 0.1) is 0 Å². The number of allylic oxidation sites excluding steroid dienone is 1. The molecule has 0 amide bonds. The van der Waals surface area contributed by atoms with E-state index in [2.05, 4.69) is 28.9 Å². The minimum atomic E-state index is -0.465. The summed E-state index contributed by atoms with van der Waals surface area (Å²) in [5.74, 6) is 1.86. The Balaban J connectivity index is 2.07.